The molecule has 0 atom stereocenters. The van der Waals surface area contributed by atoms with Crippen LogP contribution in [0.1, 0.15) is 18.3 Å². The molecule has 0 saturated heterocycles. The summed E-state index contributed by atoms with van der Waals surface area (Å²) in [5, 5.41) is 8.62. The molecule has 2 aromatic rings. The molecule has 2 heterocycles. The van der Waals surface area contributed by atoms with E-state index < -0.39 is 0 Å². The Hall–Kier alpha value is -1.26. The SMILES string of the molecule is CCNc1ccc(Cl)c(Cn2ncc(Cl)c2C)n1. The lowest BCUT2D eigenvalue weighted by molar-refractivity contribution is 0.653. The molecule has 0 aliphatic rings. The maximum atomic E-state index is 6.14. The number of pyridine rings is 1. The van der Waals surface area contributed by atoms with E-state index in [9.17, 15) is 0 Å². The second kappa shape index (κ2) is 5.59. The summed E-state index contributed by atoms with van der Waals surface area (Å²) in [4.78, 5) is 4.46. The Morgan fingerprint density at radius 2 is 2.06 bits per heavy atom. The molecule has 6 heteroatoms. The minimum absolute atomic E-state index is 0.511. The number of hydrogen-bond acceptors (Lipinski definition) is 3. The first-order valence-corrected chi connectivity index (χ1v) is 6.44. The van der Waals surface area contributed by atoms with E-state index in [1.54, 1.807) is 10.9 Å². The number of nitrogens with one attached hydrogen (secondary N) is 1. The predicted octanol–water partition coefficient (Wildman–Crippen LogP) is 3.37. The largest absolute Gasteiger partial charge is 0.370 e. The fourth-order valence-electron chi connectivity index (χ4n) is 1.60. The highest BCUT2D eigenvalue weighted by Gasteiger charge is 2.09. The highest BCUT2D eigenvalue weighted by atomic mass is 35.5. The second-order valence-corrected chi connectivity index (χ2v) is 4.71. The van der Waals surface area contributed by atoms with Gasteiger partial charge in [-0.3, -0.25) is 4.68 Å². The highest BCUT2D eigenvalue weighted by Crippen LogP contribution is 2.20. The van der Waals surface area contributed by atoms with Crippen molar-refractivity contribution in [2.75, 3.05) is 11.9 Å². The molecule has 4 nitrogen and oxygen atoms in total. The molecule has 0 aliphatic heterocycles. The van der Waals surface area contributed by atoms with Gasteiger partial charge in [0, 0.05) is 6.54 Å². The van der Waals surface area contributed by atoms with Crippen molar-refractivity contribution in [1.29, 1.82) is 0 Å². The molecule has 0 aromatic carbocycles. The van der Waals surface area contributed by atoms with Crippen LogP contribution in [0.25, 0.3) is 0 Å². The molecule has 0 unspecified atom stereocenters. The normalized spacial score (nSPS) is 10.7. The first kappa shape index (κ1) is 13.2. The molecular weight excluding hydrogens is 271 g/mol. The van der Waals surface area contributed by atoms with Crippen LogP contribution < -0.4 is 5.32 Å². The van der Waals surface area contributed by atoms with Gasteiger partial charge in [-0.25, -0.2) is 4.98 Å². The van der Waals surface area contributed by atoms with Crippen molar-refractivity contribution in [3.8, 4) is 0 Å². The molecule has 0 radical (unpaired) electrons. The zero-order chi connectivity index (χ0) is 13.1. The Balaban J connectivity index is 2.27. The van der Waals surface area contributed by atoms with E-state index in [0.717, 1.165) is 23.8 Å². The van der Waals surface area contributed by atoms with Gasteiger partial charge in [-0.2, -0.15) is 5.10 Å². The number of aromatic nitrogens is 3. The van der Waals surface area contributed by atoms with Gasteiger partial charge in [0.15, 0.2) is 0 Å². The van der Waals surface area contributed by atoms with Crippen molar-refractivity contribution in [3.63, 3.8) is 0 Å². The van der Waals surface area contributed by atoms with Gasteiger partial charge in [-0.1, -0.05) is 23.2 Å². The lowest BCUT2D eigenvalue weighted by atomic mass is 10.3. The lowest BCUT2D eigenvalue weighted by Gasteiger charge is -2.09. The zero-order valence-corrected chi connectivity index (χ0v) is 11.8. The molecule has 0 spiro atoms. The molecule has 2 rings (SSSR count). The number of hydrogen-bond donors (Lipinski definition) is 1. The van der Waals surface area contributed by atoms with E-state index in [2.05, 4.69) is 15.4 Å². The third-order valence-corrected chi connectivity index (χ3v) is 3.33. The Morgan fingerprint density at radius 3 is 2.67 bits per heavy atom. The molecule has 18 heavy (non-hydrogen) atoms. The topological polar surface area (TPSA) is 42.7 Å². The van der Waals surface area contributed by atoms with E-state index >= 15 is 0 Å². The summed E-state index contributed by atoms with van der Waals surface area (Å²) in [7, 11) is 0. The van der Waals surface area contributed by atoms with E-state index in [0.29, 0.717) is 16.6 Å². The third-order valence-electron chi connectivity index (χ3n) is 2.62. The Bertz CT molecular complexity index is 551. The van der Waals surface area contributed by atoms with Crippen LogP contribution in [-0.4, -0.2) is 21.3 Å². The van der Waals surface area contributed by atoms with Crippen molar-refractivity contribution in [2.24, 2.45) is 0 Å². The quantitative estimate of drug-likeness (QED) is 0.936. The summed E-state index contributed by atoms with van der Waals surface area (Å²) in [5.41, 5.74) is 1.68. The first-order valence-electron chi connectivity index (χ1n) is 5.69. The number of halogens is 2. The van der Waals surface area contributed by atoms with Crippen LogP contribution in [0, 0.1) is 6.92 Å². The predicted molar refractivity (Wildman–Crippen MR) is 74.5 cm³/mol. The van der Waals surface area contributed by atoms with E-state index in [4.69, 9.17) is 23.2 Å². The first-order chi connectivity index (χ1) is 8.61. The van der Waals surface area contributed by atoms with Gasteiger partial charge in [-0.15, -0.1) is 0 Å². The number of anilines is 1. The van der Waals surface area contributed by atoms with Crippen molar-refractivity contribution in [1.82, 2.24) is 14.8 Å². The van der Waals surface area contributed by atoms with Gasteiger partial charge in [-0.05, 0) is 26.0 Å². The van der Waals surface area contributed by atoms with Crippen molar-refractivity contribution in [2.45, 2.75) is 20.4 Å². The van der Waals surface area contributed by atoms with Gasteiger partial charge in [0.2, 0.25) is 0 Å². The van der Waals surface area contributed by atoms with Crippen molar-refractivity contribution in [3.05, 3.63) is 39.8 Å². The van der Waals surface area contributed by atoms with Gasteiger partial charge in [0.05, 0.1) is 34.2 Å². The van der Waals surface area contributed by atoms with Crippen LogP contribution in [0.5, 0.6) is 0 Å². The zero-order valence-electron chi connectivity index (χ0n) is 10.2. The summed E-state index contributed by atoms with van der Waals surface area (Å²) in [5.74, 6) is 0.813. The summed E-state index contributed by atoms with van der Waals surface area (Å²) in [6, 6.07) is 3.70. The monoisotopic (exact) mass is 284 g/mol. The van der Waals surface area contributed by atoms with Gasteiger partial charge < -0.3 is 5.32 Å². The lowest BCUT2D eigenvalue weighted by Crippen LogP contribution is -2.08. The number of rotatable bonds is 4. The molecule has 0 amide bonds. The summed E-state index contributed by atoms with van der Waals surface area (Å²) >= 11 is 12.1. The van der Waals surface area contributed by atoms with Crippen LogP contribution in [0.3, 0.4) is 0 Å². The van der Waals surface area contributed by atoms with E-state index in [-0.39, 0.29) is 0 Å². The maximum absolute atomic E-state index is 6.14. The molecule has 2 aromatic heterocycles. The van der Waals surface area contributed by atoms with Crippen LogP contribution in [-0.2, 0) is 6.54 Å². The van der Waals surface area contributed by atoms with E-state index in [1.807, 2.05) is 26.0 Å². The molecule has 1 N–H and O–H groups in total. The van der Waals surface area contributed by atoms with Crippen LogP contribution >= 0.6 is 23.2 Å². The Morgan fingerprint density at radius 1 is 1.28 bits per heavy atom. The molecule has 0 bridgehead atoms. The van der Waals surface area contributed by atoms with Crippen molar-refractivity contribution >= 4 is 29.0 Å². The van der Waals surface area contributed by atoms with Crippen molar-refractivity contribution < 1.29 is 0 Å². The molecular formula is C12H14Cl2N4. The highest BCUT2D eigenvalue weighted by molar-refractivity contribution is 6.31. The summed E-state index contributed by atoms with van der Waals surface area (Å²) in [6.45, 7) is 5.27. The third kappa shape index (κ3) is 2.76. The Kier molecular flexibility index (Phi) is 4.09. The average Bonchev–Trinajstić information content (AvgIpc) is 2.66. The average molecular weight is 285 g/mol. The fraction of sp³-hybridized carbons (Fsp3) is 0.333. The van der Waals surface area contributed by atoms with Gasteiger partial charge in [0.25, 0.3) is 0 Å². The maximum Gasteiger partial charge on any atom is 0.126 e. The summed E-state index contributed by atoms with van der Waals surface area (Å²) < 4.78 is 1.78. The second-order valence-electron chi connectivity index (χ2n) is 3.89. The van der Waals surface area contributed by atoms with Gasteiger partial charge in [0.1, 0.15) is 5.82 Å². The minimum Gasteiger partial charge on any atom is -0.370 e. The van der Waals surface area contributed by atoms with Crippen LogP contribution in [0.15, 0.2) is 18.3 Å². The number of nitrogens with zero attached hydrogens (tertiary/aromatic N) is 3. The van der Waals surface area contributed by atoms with Crippen LogP contribution in [0.4, 0.5) is 5.82 Å². The molecule has 0 aliphatic carbocycles. The van der Waals surface area contributed by atoms with E-state index in [1.165, 1.54) is 0 Å². The summed E-state index contributed by atoms with van der Waals surface area (Å²) in [6.07, 6.45) is 1.62. The Labute approximate surface area is 116 Å². The standard InChI is InChI=1S/C12H14Cl2N4/c1-3-15-12-5-4-9(13)11(17-12)7-18-8(2)10(14)6-16-18/h4-6H,3,7H2,1-2H3,(H,15,17). The van der Waals surface area contributed by atoms with Gasteiger partial charge >= 0.3 is 0 Å². The molecule has 0 saturated carbocycles. The van der Waals surface area contributed by atoms with Crippen LogP contribution in [0.2, 0.25) is 10.0 Å². The molecule has 0 fully saturated rings. The molecule has 96 valence electrons. The minimum atomic E-state index is 0.511. The fourth-order valence-corrected chi connectivity index (χ4v) is 1.91. The smallest absolute Gasteiger partial charge is 0.126 e.